The molecule has 0 aliphatic carbocycles. The third-order valence-corrected chi connectivity index (χ3v) is 3.61. The number of nitrogens with zero attached hydrogens (tertiary/aromatic N) is 7. The highest BCUT2D eigenvalue weighted by molar-refractivity contribution is 5.73. The molecule has 0 atom stereocenters. The van der Waals surface area contributed by atoms with Crippen LogP contribution >= 0.6 is 0 Å². The van der Waals surface area contributed by atoms with Gasteiger partial charge in [0.15, 0.2) is 5.82 Å². The Morgan fingerprint density at radius 1 is 1.38 bits per heavy atom. The lowest BCUT2D eigenvalue weighted by Crippen LogP contribution is -2.30. The Labute approximate surface area is 138 Å². The van der Waals surface area contributed by atoms with Crippen LogP contribution in [0.5, 0.6) is 0 Å². The third kappa shape index (κ3) is 3.45. The Morgan fingerprint density at radius 2 is 2.25 bits per heavy atom. The van der Waals surface area contributed by atoms with Crippen LogP contribution in [-0.2, 0) is 11.2 Å². The lowest BCUT2D eigenvalue weighted by atomic mass is 10.2. The van der Waals surface area contributed by atoms with E-state index < -0.39 is 0 Å². The largest absolute Gasteiger partial charge is 0.343 e. The maximum Gasteiger partial charge on any atom is 0.257 e. The summed E-state index contributed by atoms with van der Waals surface area (Å²) in [6.45, 7) is 4.71. The number of likely N-dealkylation sites (N-methyl/N-ethyl adjacent to an activating group) is 1. The summed E-state index contributed by atoms with van der Waals surface area (Å²) in [5.41, 5.74) is 1.58. The maximum atomic E-state index is 11.4. The van der Waals surface area contributed by atoms with Crippen LogP contribution in [0.3, 0.4) is 0 Å². The summed E-state index contributed by atoms with van der Waals surface area (Å²) >= 11 is 0. The van der Waals surface area contributed by atoms with Crippen LogP contribution in [0.25, 0.3) is 17.1 Å². The van der Waals surface area contributed by atoms with Gasteiger partial charge in [0, 0.05) is 32.0 Å². The van der Waals surface area contributed by atoms with Crippen LogP contribution in [0.4, 0.5) is 0 Å². The van der Waals surface area contributed by atoms with Gasteiger partial charge in [-0.3, -0.25) is 4.79 Å². The van der Waals surface area contributed by atoms with Gasteiger partial charge in [-0.25, -0.2) is 4.68 Å². The van der Waals surface area contributed by atoms with Gasteiger partial charge >= 0.3 is 0 Å². The van der Waals surface area contributed by atoms with Gasteiger partial charge in [-0.2, -0.15) is 4.98 Å². The van der Waals surface area contributed by atoms with Gasteiger partial charge in [0.05, 0.1) is 5.69 Å². The van der Waals surface area contributed by atoms with Crippen molar-refractivity contribution in [3.63, 3.8) is 0 Å². The molecule has 0 bridgehead atoms. The van der Waals surface area contributed by atoms with E-state index in [0.717, 1.165) is 11.3 Å². The third-order valence-electron chi connectivity index (χ3n) is 3.61. The van der Waals surface area contributed by atoms with E-state index >= 15 is 0 Å². The van der Waals surface area contributed by atoms with E-state index in [9.17, 15) is 4.79 Å². The zero-order valence-corrected chi connectivity index (χ0v) is 13.5. The molecule has 9 heteroatoms. The maximum absolute atomic E-state index is 11.4. The van der Waals surface area contributed by atoms with Gasteiger partial charge in [0.2, 0.25) is 5.91 Å². The van der Waals surface area contributed by atoms with E-state index in [1.807, 2.05) is 31.2 Å². The van der Waals surface area contributed by atoms with Crippen LogP contribution in [0, 0.1) is 0 Å². The standard InChI is InChI=1S/C15H17N7O2/c1-3-21(11(2)23)8-7-14-17-15(24-18-14)12-5-4-6-13(9-12)22-10-16-19-20-22/h4-6,9-10H,3,7-8H2,1-2H3. The van der Waals surface area contributed by atoms with Crippen LogP contribution < -0.4 is 0 Å². The lowest BCUT2D eigenvalue weighted by molar-refractivity contribution is -0.128. The quantitative estimate of drug-likeness (QED) is 0.668. The van der Waals surface area contributed by atoms with Crippen molar-refractivity contribution >= 4 is 5.91 Å². The number of amides is 1. The van der Waals surface area contributed by atoms with Crippen molar-refractivity contribution in [3.8, 4) is 17.1 Å². The lowest BCUT2D eigenvalue weighted by Gasteiger charge is -2.17. The van der Waals surface area contributed by atoms with Crippen molar-refractivity contribution in [2.24, 2.45) is 0 Å². The molecule has 2 heterocycles. The van der Waals surface area contributed by atoms with Gasteiger partial charge < -0.3 is 9.42 Å². The number of tetrazole rings is 1. The first kappa shape index (κ1) is 15.8. The molecule has 2 aromatic heterocycles. The Morgan fingerprint density at radius 3 is 2.96 bits per heavy atom. The van der Waals surface area contributed by atoms with E-state index in [-0.39, 0.29) is 5.91 Å². The highest BCUT2D eigenvalue weighted by Gasteiger charge is 2.12. The minimum Gasteiger partial charge on any atom is -0.343 e. The summed E-state index contributed by atoms with van der Waals surface area (Å²) in [5.74, 6) is 1.03. The predicted molar refractivity (Wildman–Crippen MR) is 84.1 cm³/mol. The molecule has 0 saturated heterocycles. The van der Waals surface area contributed by atoms with Crippen LogP contribution in [0.15, 0.2) is 35.1 Å². The molecule has 3 rings (SSSR count). The van der Waals surface area contributed by atoms with Crippen molar-refractivity contribution in [1.82, 2.24) is 35.2 Å². The summed E-state index contributed by atoms with van der Waals surface area (Å²) in [6.07, 6.45) is 2.06. The first-order valence-electron chi connectivity index (χ1n) is 7.59. The summed E-state index contributed by atoms with van der Waals surface area (Å²) in [7, 11) is 0. The number of aromatic nitrogens is 6. The van der Waals surface area contributed by atoms with Crippen molar-refractivity contribution in [1.29, 1.82) is 0 Å². The Balaban J connectivity index is 1.74. The molecule has 9 nitrogen and oxygen atoms in total. The van der Waals surface area contributed by atoms with Gasteiger partial charge in [0.1, 0.15) is 6.33 Å². The average molecular weight is 327 g/mol. The minimum absolute atomic E-state index is 0.0374. The first-order chi connectivity index (χ1) is 11.7. The molecule has 3 aromatic rings. The molecule has 0 radical (unpaired) electrons. The zero-order chi connectivity index (χ0) is 16.9. The number of rotatable bonds is 6. The van der Waals surface area contributed by atoms with Gasteiger partial charge in [-0.15, -0.1) is 5.10 Å². The Bertz CT molecular complexity index is 813. The molecule has 0 N–H and O–H groups in total. The van der Waals surface area contributed by atoms with Gasteiger partial charge in [-0.1, -0.05) is 11.2 Å². The molecule has 0 spiro atoms. The number of carbonyl (C=O) groups is 1. The number of hydrogen-bond acceptors (Lipinski definition) is 7. The molecular weight excluding hydrogens is 310 g/mol. The normalized spacial score (nSPS) is 10.8. The smallest absolute Gasteiger partial charge is 0.257 e. The second-order valence-electron chi connectivity index (χ2n) is 5.17. The molecule has 0 unspecified atom stereocenters. The van der Waals surface area contributed by atoms with Crippen LogP contribution in [-0.4, -0.2) is 54.2 Å². The molecule has 1 amide bonds. The van der Waals surface area contributed by atoms with Gasteiger partial charge in [-0.05, 0) is 35.5 Å². The second kappa shape index (κ2) is 6.99. The Kier molecular flexibility index (Phi) is 4.59. The van der Waals surface area contributed by atoms with Crippen molar-refractivity contribution in [3.05, 3.63) is 36.4 Å². The fourth-order valence-electron chi connectivity index (χ4n) is 2.31. The monoisotopic (exact) mass is 327 g/mol. The summed E-state index contributed by atoms with van der Waals surface area (Å²) in [5, 5.41) is 15.1. The highest BCUT2D eigenvalue weighted by atomic mass is 16.5. The summed E-state index contributed by atoms with van der Waals surface area (Å²) in [4.78, 5) is 17.5. The van der Waals surface area contributed by atoms with E-state index in [2.05, 4.69) is 25.7 Å². The highest BCUT2D eigenvalue weighted by Crippen LogP contribution is 2.20. The molecular formula is C15H17N7O2. The summed E-state index contributed by atoms with van der Waals surface area (Å²) in [6, 6.07) is 7.48. The molecule has 0 aliphatic heterocycles. The van der Waals surface area contributed by atoms with E-state index in [1.54, 1.807) is 16.5 Å². The SMILES string of the molecule is CCN(CCc1noc(-c2cccc(-n3cnnn3)c2)n1)C(C)=O. The zero-order valence-electron chi connectivity index (χ0n) is 13.5. The van der Waals surface area contributed by atoms with E-state index in [0.29, 0.717) is 31.2 Å². The minimum atomic E-state index is 0.0374. The molecule has 1 aromatic carbocycles. The van der Waals surface area contributed by atoms with E-state index in [1.165, 1.54) is 6.33 Å². The Hall–Kier alpha value is -3.10. The average Bonchev–Trinajstić information content (AvgIpc) is 3.27. The van der Waals surface area contributed by atoms with Crippen LogP contribution in [0.1, 0.15) is 19.7 Å². The molecule has 0 aliphatic rings. The van der Waals surface area contributed by atoms with Gasteiger partial charge in [0.25, 0.3) is 5.89 Å². The molecule has 0 fully saturated rings. The topological polar surface area (TPSA) is 103 Å². The number of carbonyl (C=O) groups excluding carboxylic acids is 1. The van der Waals surface area contributed by atoms with Crippen LogP contribution in [0.2, 0.25) is 0 Å². The predicted octanol–water partition coefficient (Wildman–Crippen LogP) is 1.12. The van der Waals surface area contributed by atoms with Crippen molar-refractivity contribution in [2.45, 2.75) is 20.3 Å². The van der Waals surface area contributed by atoms with Crippen molar-refractivity contribution < 1.29 is 9.32 Å². The first-order valence-corrected chi connectivity index (χ1v) is 7.59. The molecule has 0 saturated carbocycles. The molecule has 24 heavy (non-hydrogen) atoms. The fraction of sp³-hybridized carbons (Fsp3) is 0.333. The van der Waals surface area contributed by atoms with Crippen molar-refractivity contribution in [2.75, 3.05) is 13.1 Å². The number of benzene rings is 1. The number of hydrogen-bond donors (Lipinski definition) is 0. The molecule has 124 valence electrons. The second-order valence-corrected chi connectivity index (χ2v) is 5.17. The van der Waals surface area contributed by atoms with E-state index in [4.69, 9.17) is 4.52 Å². The summed E-state index contributed by atoms with van der Waals surface area (Å²) < 4.78 is 6.87. The fourth-order valence-corrected chi connectivity index (χ4v) is 2.31.